The van der Waals surface area contributed by atoms with E-state index in [1.54, 1.807) is 37.7 Å². The minimum Gasteiger partial charge on any atom is -0.497 e. The number of ether oxygens (including phenoxy) is 1. The molecule has 0 unspecified atom stereocenters. The van der Waals surface area contributed by atoms with Gasteiger partial charge in [-0.1, -0.05) is 0 Å². The predicted octanol–water partition coefficient (Wildman–Crippen LogP) is 2.52. The molecule has 9 nitrogen and oxygen atoms in total. The van der Waals surface area contributed by atoms with Crippen LogP contribution in [-0.2, 0) is 0 Å². The largest absolute Gasteiger partial charge is 0.497 e. The summed E-state index contributed by atoms with van der Waals surface area (Å²) in [6.07, 6.45) is 3.23. The van der Waals surface area contributed by atoms with Crippen LogP contribution in [0.2, 0.25) is 0 Å². The van der Waals surface area contributed by atoms with Gasteiger partial charge in [0.2, 0.25) is 0 Å². The van der Waals surface area contributed by atoms with E-state index in [1.165, 1.54) is 6.33 Å². The number of imidazole rings is 1. The van der Waals surface area contributed by atoms with Crippen molar-refractivity contribution < 1.29 is 9.53 Å². The Morgan fingerprint density at radius 1 is 1.11 bits per heavy atom. The van der Waals surface area contributed by atoms with Crippen LogP contribution in [0.15, 0.2) is 43.0 Å². The molecular formula is C19H23N7O2. The third-order valence-corrected chi connectivity index (χ3v) is 4.22. The van der Waals surface area contributed by atoms with Gasteiger partial charge in [-0.25, -0.2) is 19.7 Å². The summed E-state index contributed by atoms with van der Waals surface area (Å²) in [6.45, 7) is 4.90. The zero-order chi connectivity index (χ0) is 19.9. The Balaban J connectivity index is 1.46. The Bertz CT molecular complexity index is 938. The first-order chi connectivity index (χ1) is 13.6. The summed E-state index contributed by atoms with van der Waals surface area (Å²) in [5.74, 6) is 2.15. The number of benzene rings is 1. The minimum atomic E-state index is -0.278. The van der Waals surface area contributed by atoms with E-state index >= 15 is 0 Å². The fourth-order valence-electron chi connectivity index (χ4n) is 2.52. The summed E-state index contributed by atoms with van der Waals surface area (Å²) in [4.78, 5) is 24.7. The first-order valence-corrected chi connectivity index (χ1v) is 8.82. The number of amides is 2. The molecule has 3 N–H and O–H groups in total. The highest BCUT2D eigenvalue weighted by Gasteiger charge is 2.07. The number of hydrogen-bond donors (Lipinski definition) is 3. The molecule has 0 fully saturated rings. The van der Waals surface area contributed by atoms with Crippen molar-refractivity contribution >= 4 is 17.5 Å². The lowest BCUT2D eigenvalue weighted by Gasteiger charge is -2.10. The number of methoxy groups -OCH3 is 1. The van der Waals surface area contributed by atoms with Gasteiger partial charge in [-0.15, -0.1) is 0 Å². The summed E-state index contributed by atoms with van der Waals surface area (Å²) in [5, 5.41) is 8.72. The number of aromatic nitrogens is 4. The number of rotatable bonds is 7. The number of aryl methyl sites for hydroxylation is 1. The lowest BCUT2D eigenvalue weighted by Crippen LogP contribution is -2.32. The van der Waals surface area contributed by atoms with E-state index in [4.69, 9.17) is 4.74 Å². The van der Waals surface area contributed by atoms with Crippen molar-refractivity contribution in [3.05, 3.63) is 54.4 Å². The zero-order valence-electron chi connectivity index (χ0n) is 16.1. The van der Waals surface area contributed by atoms with Gasteiger partial charge in [0.05, 0.1) is 12.8 Å². The van der Waals surface area contributed by atoms with Crippen molar-refractivity contribution in [1.82, 2.24) is 24.8 Å². The highest BCUT2D eigenvalue weighted by molar-refractivity contribution is 5.89. The minimum absolute atomic E-state index is 0.278. The first kappa shape index (κ1) is 19.2. The molecule has 0 radical (unpaired) electrons. The number of carbonyl (C=O) groups excluding carboxylic acids is 1. The van der Waals surface area contributed by atoms with E-state index in [2.05, 4.69) is 30.9 Å². The molecule has 2 aromatic heterocycles. The average molecular weight is 381 g/mol. The normalized spacial score (nSPS) is 10.4. The smallest absolute Gasteiger partial charge is 0.319 e. The fraction of sp³-hybridized carbons (Fsp3) is 0.263. The molecule has 0 saturated heterocycles. The monoisotopic (exact) mass is 381 g/mol. The molecule has 3 rings (SSSR count). The number of anilines is 2. The molecule has 2 amide bonds. The van der Waals surface area contributed by atoms with Crippen molar-refractivity contribution in [2.75, 3.05) is 30.8 Å². The second-order valence-corrected chi connectivity index (χ2v) is 6.08. The van der Waals surface area contributed by atoms with Gasteiger partial charge in [0, 0.05) is 30.5 Å². The van der Waals surface area contributed by atoms with Crippen molar-refractivity contribution in [1.29, 1.82) is 0 Å². The summed E-state index contributed by atoms with van der Waals surface area (Å²) in [7, 11) is 1.60. The average Bonchev–Trinajstić information content (AvgIpc) is 3.05. The van der Waals surface area contributed by atoms with Crippen molar-refractivity contribution in [2.45, 2.75) is 13.8 Å². The number of nitrogens with zero attached hydrogens (tertiary/aromatic N) is 4. The first-order valence-electron chi connectivity index (χ1n) is 8.82. The third-order valence-electron chi connectivity index (χ3n) is 4.22. The van der Waals surface area contributed by atoms with Crippen LogP contribution in [0.1, 0.15) is 11.4 Å². The van der Waals surface area contributed by atoms with Gasteiger partial charge in [-0.2, -0.15) is 0 Å². The van der Waals surface area contributed by atoms with Crippen LogP contribution < -0.4 is 20.7 Å². The lowest BCUT2D eigenvalue weighted by atomic mass is 10.3. The van der Waals surface area contributed by atoms with Crippen LogP contribution in [0.3, 0.4) is 0 Å². The van der Waals surface area contributed by atoms with Gasteiger partial charge >= 0.3 is 6.03 Å². The van der Waals surface area contributed by atoms with Gasteiger partial charge in [-0.05, 0) is 38.1 Å². The Morgan fingerprint density at radius 2 is 1.89 bits per heavy atom. The second kappa shape index (κ2) is 8.85. The highest BCUT2D eigenvalue weighted by atomic mass is 16.5. The van der Waals surface area contributed by atoms with E-state index in [0.717, 1.165) is 23.0 Å². The van der Waals surface area contributed by atoms with Crippen molar-refractivity contribution in [3.63, 3.8) is 0 Å². The molecule has 0 bridgehead atoms. The molecule has 9 heteroatoms. The van der Waals surface area contributed by atoms with Gasteiger partial charge in [-0.3, -0.25) is 4.57 Å². The number of urea groups is 1. The Kier molecular flexibility index (Phi) is 6.05. The van der Waals surface area contributed by atoms with Crippen LogP contribution in [0, 0.1) is 13.8 Å². The van der Waals surface area contributed by atoms with Gasteiger partial charge in [0.15, 0.2) is 0 Å². The Morgan fingerprint density at radius 3 is 2.57 bits per heavy atom. The van der Waals surface area contributed by atoms with Crippen LogP contribution in [0.4, 0.5) is 16.3 Å². The maximum Gasteiger partial charge on any atom is 0.319 e. The maximum atomic E-state index is 11.9. The molecule has 0 aliphatic carbocycles. The summed E-state index contributed by atoms with van der Waals surface area (Å²) < 4.78 is 6.99. The third kappa shape index (κ3) is 4.76. The second-order valence-electron chi connectivity index (χ2n) is 6.08. The molecule has 2 heterocycles. The molecule has 1 aromatic carbocycles. The molecular weight excluding hydrogens is 358 g/mol. The zero-order valence-corrected chi connectivity index (χ0v) is 16.1. The molecule has 146 valence electrons. The van der Waals surface area contributed by atoms with Gasteiger partial charge in [0.25, 0.3) is 0 Å². The quantitative estimate of drug-likeness (QED) is 0.543. The predicted molar refractivity (Wildman–Crippen MR) is 107 cm³/mol. The number of hydrogen-bond acceptors (Lipinski definition) is 6. The standard InChI is InChI=1S/C19H23N7O2/c1-13-14(2)26(12-24-13)18-10-17(22-11-23-18)20-8-9-21-19(27)25-15-4-6-16(28-3)7-5-15/h4-7,10-12H,8-9H2,1-3H3,(H,20,22,23)(H2,21,25,27). The SMILES string of the molecule is COc1ccc(NC(=O)NCCNc2cc(-n3cnc(C)c3C)ncn2)cc1. The summed E-state index contributed by atoms with van der Waals surface area (Å²) >= 11 is 0. The molecule has 0 spiro atoms. The molecule has 0 saturated carbocycles. The molecule has 3 aromatic rings. The van der Waals surface area contributed by atoms with Gasteiger partial charge < -0.3 is 20.7 Å². The van der Waals surface area contributed by atoms with E-state index < -0.39 is 0 Å². The van der Waals surface area contributed by atoms with E-state index in [0.29, 0.717) is 24.6 Å². The van der Waals surface area contributed by atoms with E-state index in [-0.39, 0.29) is 6.03 Å². The number of nitrogens with one attached hydrogen (secondary N) is 3. The summed E-state index contributed by atoms with van der Waals surface area (Å²) in [5.41, 5.74) is 2.68. The van der Waals surface area contributed by atoms with Crippen LogP contribution in [0.25, 0.3) is 5.82 Å². The fourth-order valence-corrected chi connectivity index (χ4v) is 2.52. The molecule has 28 heavy (non-hydrogen) atoms. The van der Waals surface area contributed by atoms with Crippen molar-refractivity contribution in [3.8, 4) is 11.6 Å². The maximum absolute atomic E-state index is 11.9. The Labute approximate surface area is 163 Å². The topological polar surface area (TPSA) is 106 Å². The van der Waals surface area contributed by atoms with Crippen LogP contribution in [0.5, 0.6) is 5.75 Å². The van der Waals surface area contributed by atoms with Crippen LogP contribution in [-0.4, -0.2) is 45.7 Å². The van der Waals surface area contributed by atoms with Crippen molar-refractivity contribution in [2.24, 2.45) is 0 Å². The molecule has 0 aliphatic heterocycles. The van der Waals surface area contributed by atoms with E-state index in [1.807, 2.05) is 24.5 Å². The highest BCUT2D eigenvalue weighted by Crippen LogP contribution is 2.15. The molecule has 0 aliphatic rings. The van der Waals surface area contributed by atoms with Gasteiger partial charge in [0.1, 0.15) is 30.0 Å². The summed E-state index contributed by atoms with van der Waals surface area (Å²) in [6, 6.07) is 8.68. The van der Waals surface area contributed by atoms with E-state index in [9.17, 15) is 4.79 Å². The lowest BCUT2D eigenvalue weighted by molar-refractivity contribution is 0.252. The number of carbonyl (C=O) groups is 1. The Hall–Kier alpha value is -3.62. The molecule has 0 atom stereocenters. The van der Waals surface area contributed by atoms with Crippen LogP contribution >= 0.6 is 0 Å².